The zero-order valence-corrected chi connectivity index (χ0v) is 17.2. The van der Waals surface area contributed by atoms with E-state index in [1.165, 1.54) is 19.0 Å². The second-order valence-corrected chi connectivity index (χ2v) is 6.99. The first kappa shape index (κ1) is 19.1. The molecule has 1 aliphatic rings. The highest BCUT2D eigenvalue weighted by Crippen LogP contribution is 2.35. The Hall–Kier alpha value is -2.68. The maximum atomic E-state index is 12.6. The van der Waals surface area contributed by atoms with E-state index in [9.17, 15) is 9.59 Å². The van der Waals surface area contributed by atoms with E-state index in [0.29, 0.717) is 26.4 Å². The van der Waals surface area contributed by atoms with Crippen LogP contribution in [0.2, 0.25) is 0 Å². The summed E-state index contributed by atoms with van der Waals surface area (Å²) in [6.07, 6.45) is 1.76. The number of nitrogens with zero attached hydrogens (tertiary/aromatic N) is 2. The second-order valence-electron chi connectivity index (χ2n) is 5.83. The third-order valence-electron chi connectivity index (χ3n) is 3.89. The predicted molar refractivity (Wildman–Crippen MR) is 111 cm³/mol. The van der Waals surface area contributed by atoms with Gasteiger partial charge in [-0.1, -0.05) is 30.3 Å². The summed E-state index contributed by atoms with van der Waals surface area (Å²) in [6.45, 7) is 1.33. The Morgan fingerprint density at radius 1 is 1.22 bits per heavy atom. The number of halogens is 1. The first-order valence-corrected chi connectivity index (χ1v) is 9.18. The molecule has 0 N–H and O–H groups in total. The Balaban J connectivity index is 2.07. The molecule has 0 saturated carbocycles. The van der Waals surface area contributed by atoms with Gasteiger partial charge in [-0.05, 0) is 46.4 Å². The SMILES string of the molecule is COc1cc(/C=C2\C(=O)N(C)N=C2c2ccccc2)cc(I)c1OC(C)=O. The van der Waals surface area contributed by atoms with Gasteiger partial charge in [-0.25, -0.2) is 5.01 Å². The Kier molecular flexibility index (Phi) is 5.59. The Morgan fingerprint density at radius 3 is 2.56 bits per heavy atom. The van der Waals surface area contributed by atoms with E-state index in [4.69, 9.17) is 9.47 Å². The standard InChI is InChI=1S/C20H17IN2O4/c1-12(24)27-19-16(21)10-13(11-17(19)26-3)9-15-18(22-23(2)20(15)25)14-7-5-4-6-8-14/h4-11H,1-3H3/b15-9-. The molecule has 0 spiro atoms. The Bertz CT molecular complexity index is 967. The van der Waals surface area contributed by atoms with E-state index in [0.717, 1.165) is 11.1 Å². The monoisotopic (exact) mass is 476 g/mol. The van der Waals surface area contributed by atoms with Crippen LogP contribution in [0.5, 0.6) is 11.5 Å². The summed E-state index contributed by atoms with van der Waals surface area (Å²) in [6, 6.07) is 13.1. The van der Waals surface area contributed by atoms with Gasteiger partial charge in [-0.15, -0.1) is 0 Å². The minimum Gasteiger partial charge on any atom is -0.493 e. The lowest BCUT2D eigenvalue weighted by molar-refractivity contribution is -0.132. The maximum absolute atomic E-state index is 12.6. The third kappa shape index (κ3) is 4.02. The van der Waals surface area contributed by atoms with E-state index >= 15 is 0 Å². The number of hydrazone groups is 1. The lowest BCUT2D eigenvalue weighted by Gasteiger charge is -2.11. The van der Waals surface area contributed by atoms with Gasteiger partial charge in [0.15, 0.2) is 11.5 Å². The number of ether oxygens (including phenoxy) is 2. The topological polar surface area (TPSA) is 68.2 Å². The zero-order valence-electron chi connectivity index (χ0n) is 15.0. The summed E-state index contributed by atoms with van der Waals surface area (Å²) in [5.41, 5.74) is 2.71. The number of carbonyl (C=O) groups excluding carboxylic acids is 2. The van der Waals surface area contributed by atoms with Gasteiger partial charge in [0.2, 0.25) is 0 Å². The predicted octanol–water partition coefficient (Wildman–Crippen LogP) is 3.48. The number of methoxy groups -OCH3 is 1. The summed E-state index contributed by atoms with van der Waals surface area (Å²) < 4.78 is 11.3. The molecule has 7 heteroatoms. The van der Waals surface area contributed by atoms with E-state index in [2.05, 4.69) is 27.7 Å². The van der Waals surface area contributed by atoms with Crippen molar-refractivity contribution in [3.8, 4) is 11.5 Å². The van der Waals surface area contributed by atoms with Crippen LogP contribution in [-0.4, -0.2) is 36.8 Å². The first-order chi connectivity index (χ1) is 12.9. The molecule has 138 valence electrons. The van der Waals surface area contributed by atoms with Gasteiger partial charge in [0, 0.05) is 19.5 Å². The summed E-state index contributed by atoms with van der Waals surface area (Å²) in [4.78, 5) is 23.9. The molecule has 0 radical (unpaired) electrons. The number of hydrogen-bond acceptors (Lipinski definition) is 5. The average molecular weight is 476 g/mol. The average Bonchev–Trinajstić information content (AvgIpc) is 2.92. The van der Waals surface area contributed by atoms with Crippen molar-refractivity contribution in [3.63, 3.8) is 0 Å². The molecule has 0 atom stereocenters. The van der Waals surface area contributed by atoms with Crippen LogP contribution in [0, 0.1) is 3.57 Å². The van der Waals surface area contributed by atoms with Crippen LogP contribution in [-0.2, 0) is 9.59 Å². The normalized spacial score (nSPS) is 15.1. The lowest BCUT2D eigenvalue weighted by Crippen LogP contribution is -2.17. The highest BCUT2D eigenvalue weighted by Gasteiger charge is 2.28. The van der Waals surface area contributed by atoms with Crippen molar-refractivity contribution in [2.75, 3.05) is 14.2 Å². The lowest BCUT2D eigenvalue weighted by atomic mass is 10.0. The van der Waals surface area contributed by atoms with Crippen LogP contribution < -0.4 is 9.47 Å². The molecule has 1 aliphatic heterocycles. The fraction of sp³-hybridized carbons (Fsp3) is 0.150. The fourth-order valence-electron chi connectivity index (χ4n) is 2.70. The van der Waals surface area contributed by atoms with E-state index < -0.39 is 5.97 Å². The van der Waals surface area contributed by atoms with Crippen LogP contribution in [0.25, 0.3) is 6.08 Å². The molecule has 6 nitrogen and oxygen atoms in total. The number of amides is 1. The Morgan fingerprint density at radius 2 is 1.93 bits per heavy atom. The third-order valence-corrected chi connectivity index (χ3v) is 4.69. The molecule has 0 aliphatic carbocycles. The molecule has 0 unspecified atom stereocenters. The van der Waals surface area contributed by atoms with Crippen molar-refractivity contribution in [1.29, 1.82) is 0 Å². The largest absolute Gasteiger partial charge is 0.493 e. The van der Waals surface area contributed by atoms with Crippen molar-refractivity contribution in [2.45, 2.75) is 6.92 Å². The molecule has 0 aromatic heterocycles. The van der Waals surface area contributed by atoms with Gasteiger partial charge in [-0.3, -0.25) is 9.59 Å². The first-order valence-electron chi connectivity index (χ1n) is 8.11. The molecular weight excluding hydrogens is 459 g/mol. The molecule has 2 aromatic carbocycles. The van der Waals surface area contributed by atoms with Crippen molar-refractivity contribution in [1.82, 2.24) is 5.01 Å². The zero-order chi connectivity index (χ0) is 19.6. The van der Waals surface area contributed by atoms with Crippen LogP contribution in [0.1, 0.15) is 18.1 Å². The van der Waals surface area contributed by atoms with Crippen molar-refractivity contribution < 1.29 is 19.1 Å². The van der Waals surface area contributed by atoms with Crippen LogP contribution >= 0.6 is 22.6 Å². The molecule has 0 saturated heterocycles. The quantitative estimate of drug-likeness (QED) is 0.293. The highest BCUT2D eigenvalue weighted by atomic mass is 127. The summed E-state index contributed by atoms with van der Waals surface area (Å²) in [5, 5.41) is 5.69. The molecule has 1 heterocycles. The van der Waals surface area contributed by atoms with E-state index in [1.807, 2.05) is 36.4 Å². The number of esters is 1. The number of hydrogen-bond donors (Lipinski definition) is 0. The molecule has 0 bridgehead atoms. The minimum atomic E-state index is -0.427. The van der Waals surface area contributed by atoms with Gasteiger partial charge in [0.1, 0.15) is 5.71 Å². The molecule has 1 amide bonds. The van der Waals surface area contributed by atoms with Crippen molar-refractivity contribution in [3.05, 3.63) is 62.7 Å². The highest BCUT2D eigenvalue weighted by molar-refractivity contribution is 14.1. The minimum absolute atomic E-state index is 0.188. The van der Waals surface area contributed by atoms with Gasteiger partial charge in [0.25, 0.3) is 5.91 Å². The maximum Gasteiger partial charge on any atom is 0.308 e. The van der Waals surface area contributed by atoms with E-state index in [-0.39, 0.29) is 5.91 Å². The number of rotatable bonds is 4. The number of likely N-dealkylation sites (N-methyl/N-ethyl adjacent to an activating group) is 1. The molecule has 27 heavy (non-hydrogen) atoms. The van der Waals surface area contributed by atoms with Gasteiger partial charge < -0.3 is 9.47 Å². The molecule has 2 aromatic rings. The van der Waals surface area contributed by atoms with Crippen LogP contribution in [0.15, 0.2) is 53.1 Å². The van der Waals surface area contributed by atoms with Crippen molar-refractivity contribution in [2.24, 2.45) is 5.10 Å². The fourth-order valence-corrected chi connectivity index (χ4v) is 3.43. The smallest absolute Gasteiger partial charge is 0.308 e. The van der Waals surface area contributed by atoms with Gasteiger partial charge in [-0.2, -0.15) is 5.10 Å². The van der Waals surface area contributed by atoms with Gasteiger partial charge >= 0.3 is 5.97 Å². The number of carbonyl (C=O) groups is 2. The molecule has 0 fully saturated rings. The van der Waals surface area contributed by atoms with Crippen LogP contribution in [0.4, 0.5) is 0 Å². The molecule has 3 rings (SSSR count). The molecular formula is C20H17IN2O4. The summed E-state index contributed by atoms with van der Waals surface area (Å²) in [7, 11) is 3.13. The summed E-state index contributed by atoms with van der Waals surface area (Å²) in [5.74, 6) is 0.163. The van der Waals surface area contributed by atoms with Crippen molar-refractivity contribution >= 4 is 46.3 Å². The second kappa shape index (κ2) is 7.91. The number of benzene rings is 2. The van der Waals surface area contributed by atoms with Gasteiger partial charge in [0.05, 0.1) is 16.3 Å². The van der Waals surface area contributed by atoms with Crippen LogP contribution in [0.3, 0.4) is 0 Å². The summed E-state index contributed by atoms with van der Waals surface area (Å²) >= 11 is 2.07. The Labute approximate surface area is 170 Å². The van der Waals surface area contributed by atoms with E-state index in [1.54, 1.807) is 19.2 Å².